The molecule has 0 heterocycles. The highest BCUT2D eigenvalue weighted by Gasteiger charge is 2.12. The lowest BCUT2D eigenvalue weighted by Crippen LogP contribution is -2.17. The van der Waals surface area contributed by atoms with Crippen LogP contribution in [0.3, 0.4) is 0 Å². The van der Waals surface area contributed by atoms with Crippen molar-refractivity contribution < 1.29 is 19.4 Å². The van der Waals surface area contributed by atoms with Crippen molar-refractivity contribution in [1.29, 1.82) is 0 Å². The van der Waals surface area contributed by atoms with E-state index in [0.717, 1.165) is 25.7 Å². The van der Waals surface area contributed by atoms with E-state index in [0.29, 0.717) is 18.1 Å². The molecule has 0 saturated carbocycles. The van der Waals surface area contributed by atoms with Crippen LogP contribution in [0.2, 0.25) is 0 Å². The molecular weight excluding hydrogens is 232 g/mol. The van der Waals surface area contributed by atoms with Crippen molar-refractivity contribution in [2.24, 2.45) is 5.92 Å². The highest BCUT2D eigenvalue weighted by atomic mass is 16.5. The molecule has 0 aromatic heterocycles. The van der Waals surface area contributed by atoms with Crippen molar-refractivity contribution >= 4 is 5.97 Å². The largest absolute Gasteiger partial charge is 0.462 e. The van der Waals surface area contributed by atoms with E-state index in [4.69, 9.17) is 14.6 Å². The zero-order chi connectivity index (χ0) is 13.8. The summed E-state index contributed by atoms with van der Waals surface area (Å²) in [6.45, 7) is 8.59. The van der Waals surface area contributed by atoms with Gasteiger partial charge in [-0.05, 0) is 12.3 Å². The maximum absolute atomic E-state index is 11.6. The third kappa shape index (κ3) is 8.25. The van der Waals surface area contributed by atoms with Gasteiger partial charge in [-0.25, -0.2) is 4.79 Å². The number of hydrogen-bond donors (Lipinski definition) is 1. The molecule has 0 amide bonds. The molecule has 106 valence electrons. The van der Waals surface area contributed by atoms with Gasteiger partial charge in [0, 0.05) is 0 Å². The van der Waals surface area contributed by atoms with E-state index in [2.05, 4.69) is 20.4 Å². The molecule has 0 aliphatic carbocycles. The molecule has 0 spiro atoms. The average Bonchev–Trinajstić information content (AvgIpc) is 2.38. The summed E-state index contributed by atoms with van der Waals surface area (Å²) in [4.78, 5) is 11.6. The van der Waals surface area contributed by atoms with E-state index in [-0.39, 0.29) is 19.8 Å². The Bertz CT molecular complexity index is 238. The lowest BCUT2D eigenvalue weighted by Gasteiger charge is -2.15. The first-order valence-corrected chi connectivity index (χ1v) is 6.69. The van der Waals surface area contributed by atoms with Crippen LogP contribution in [0.25, 0.3) is 0 Å². The first-order chi connectivity index (χ1) is 8.65. The number of aliphatic hydroxyl groups is 1. The monoisotopic (exact) mass is 258 g/mol. The number of rotatable bonds is 11. The Morgan fingerprint density at radius 1 is 1.39 bits per heavy atom. The predicted octanol–water partition coefficient (Wildman–Crippen LogP) is 2.31. The Kier molecular flexibility index (Phi) is 10.7. The Morgan fingerprint density at radius 2 is 2.11 bits per heavy atom. The Morgan fingerprint density at radius 3 is 2.67 bits per heavy atom. The van der Waals surface area contributed by atoms with Crippen LogP contribution in [0, 0.1) is 5.92 Å². The Balaban J connectivity index is 3.81. The van der Waals surface area contributed by atoms with Crippen molar-refractivity contribution in [2.75, 3.05) is 26.4 Å². The van der Waals surface area contributed by atoms with Crippen molar-refractivity contribution in [3.63, 3.8) is 0 Å². The van der Waals surface area contributed by atoms with Crippen LogP contribution in [0.15, 0.2) is 12.2 Å². The van der Waals surface area contributed by atoms with E-state index in [1.807, 2.05) is 0 Å². The summed E-state index contributed by atoms with van der Waals surface area (Å²) in [6.07, 6.45) is 4.43. The fraction of sp³-hybridized carbons (Fsp3) is 0.786. The molecule has 0 radical (unpaired) electrons. The smallest absolute Gasteiger partial charge is 0.335 e. The second-order valence-corrected chi connectivity index (χ2v) is 4.39. The third-order valence-corrected chi connectivity index (χ3v) is 2.79. The summed E-state index contributed by atoms with van der Waals surface area (Å²) in [7, 11) is 0. The summed E-state index contributed by atoms with van der Waals surface area (Å²) in [6, 6.07) is 0. The molecule has 0 aromatic carbocycles. The summed E-state index contributed by atoms with van der Waals surface area (Å²) in [5, 5.41) is 8.54. The van der Waals surface area contributed by atoms with Crippen molar-refractivity contribution in [1.82, 2.24) is 0 Å². The molecule has 4 heteroatoms. The van der Waals surface area contributed by atoms with Gasteiger partial charge in [0.25, 0.3) is 0 Å². The summed E-state index contributed by atoms with van der Waals surface area (Å²) in [5.74, 6) is 0.0305. The minimum atomic E-state index is -0.400. The fourth-order valence-corrected chi connectivity index (χ4v) is 1.51. The SMILES string of the molecule is C=C(COCCO)C(=O)OCC(CC)CCCC. The zero-order valence-electron chi connectivity index (χ0n) is 11.6. The van der Waals surface area contributed by atoms with Gasteiger partial charge in [-0.15, -0.1) is 0 Å². The number of ether oxygens (including phenoxy) is 2. The van der Waals surface area contributed by atoms with Gasteiger partial charge in [0.1, 0.15) is 0 Å². The number of aliphatic hydroxyl groups excluding tert-OH is 1. The van der Waals surface area contributed by atoms with Gasteiger partial charge in [-0.1, -0.05) is 39.7 Å². The molecule has 1 atom stereocenters. The second-order valence-electron chi connectivity index (χ2n) is 4.39. The molecule has 1 unspecified atom stereocenters. The van der Waals surface area contributed by atoms with Gasteiger partial charge in [0.2, 0.25) is 0 Å². The number of carbonyl (C=O) groups is 1. The molecule has 0 aliphatic heterocycles. The first-order valence-electron chi connectivity index (χ1n) is 6.69. The molecule has 0 saturated heterocycles. The second kappa shape index (κ2) is 11.2. The molecule has 0 aliphatic rings. The predicted molar refractivity (Wildman–Crippen MR) is 71.3 cm³/mol. The fourth-order valence-electron chi connectivity index (χ4n) is 1.51. The Hall–Kier alpha value is -0.870. The lowest BCUT2D eigenvalue weighted by molar-refractivity contribution is -0.141. The standard InChI is InChI=1S/C14H26O4/c1-4-6-7-13(5-2)11-18-14(16)12(3)10-17-9-8-15/h13,15H,3-11H2,1-2H3. The zero-order valence-corrected chi connectivity index (χ0v) is 11.6. The normalized spacial score (nSPS) is 12.2. The maximum atomic E-state index is 11.6. The third-order valence-electron chi connectivity index (χ3n) is 2.79. The van der Waals surface area contributed by atoms with Crippen LogP contribution in [0.5, 0.6) is 0 Å². The van der Waals surface area contributed by atoms with Gasteiger partial charge in [-0.2, -0.15) is 0 Å². The van der Waals surface area contributed by atoms with Gasteiger partial charge >= 0.3 is 5.97 Å². The number of esters is 1. The average molecular weight is 258 g/mol. The summed E-state index contributed by atoms with van der Waals surface area (Å²) in [5.41, 5.74) is 0.300. The summed E-state index contributed by atoms with van der Waals surface area (Å²) < 4.78 is 10.2. The van der Waals surface area contributed by atoms with Crippen LogP contribution in [0.1, 0.15) is 39.5 Å². The number of carbonyl (C=O) groups excluding carboxylic acids is 1. The van der Waals surface area contributed by atoms with Crippen LogP contribution in [0.4, 0.5) is 0 Å². The molecule has 0 fully saturated rings. The van der Waals surface area contributed by atoms with Crippen LogP contribution in [-0.4, -0.2) is 37.5 Å². The molecular formula is C14H26O4. The van der Waals surface area contributed by atoms with E-state index in [1.165, 1.54) is 0 Å². The number of unbranched alkanes of at least 4 members (excludes halogenated alkanes) is 1. The number of hydrogen-bond acceptors (Lipinski definition) is 4. The minimum Gasteiger partial charge on any atom is -0.462 e. The molecule has 0 aromatic rings. The van der Waals surface area contributed by atoms with Gasteiger partial charge in [0.15, 0.2) is 0 Å². The molecule has 0 rings (SSSR count). The molecule has 4 nitrogen and oxygen atoms in total. The molecule has 1 N–H and O–H groups in total. The highest BCUT2D eigenvalue weighted by Crippen LogP contribution is 2.13. The van der Waals surface area contributed by atoms with Gasteiger partial charge in [-0.3, -0.25) is 0 Å². The first kappa shape index (κ1) is 17.1. The quantitative estimate of drug-likeness (QED) is 0.351. The topological polar surface area (TPSA) is 55.8 Å². The Labute approximate surface area is 110 Å². The van der Waals surface area contributed by atoms with E-state index in [9.17, 15) is 4.79 Å². The van der Waals surface area contributed by atoms with E-state index in [1.54, 1.807) is 0 Å². The maximum Gasteiger partial charge on any atom is 0.335 e. The van der Waals surface area contributed by atoms with Crippen molar-refractivity contribution in [2.45, 2.75) is 39.5 Å². The highest BCUT2D eigenvalue weighted by molar-refractivity contribution is 5.87. The van der Waals surface area contributed by atoms with Crippen molar-refractivity contribution in [3.05, 3.63) is 12.2 Å². The van der Waals surface area contributed by atoms with Gasteiger partial charge in [0.05, 0.1) is 32.0 Å². The van der Waals surface area contributed by atoms with E-state index >= 15 is 0 Å². The van der Waals surface area contributed by atoms with Crippen LogP contribution >= 0.6 is 0 Å². The molecule has 18 heavy (non-hydrogen) atoms. The minimum absolute atomic E-state index is 0.0583. The van der Waals surface area contributed by atoms with Crippen LogP contribution < -0.4 is 0 Å². The summed E-state index contributed by atoms with van der Waals surface area (Å²) >= 11 is 0. The van der Waals surface area contributed by atoms with E-state index < -0.39 is 5.97 Å². The lowest BCUT2D eigenvalue weighted by atomic mass is 10.0. The van der Waals surface area contributed by atoms with Crippen LogP contribution in [-0.2, 0) is 14.3 Å². The van der Waals surface area contributed by atoms with Gasteiger partial charge < -0.3 is 14.6 Å². The molecule has 0 bridgehead atoms. The van der Waals surface area contributed by atoms with Crippen molar-refractivity contribution in [3.8, 4) is 0 Å².